The van der Waals surface area contributed by atoms with Gasteiger partial charge in [0.25, 0.3) is 0 Å². The minimum absolute atomic E-state index is 0.118. The summed E-state index contributed by atoms with van der Waals surface area (Å²) in [5, 5.41) is 6.37. The van der Waals surface area contributed by atoms with E-state index < -0.39 is 0 Å². The monoisotopic (exact) mass is 298 g/mol. The lowest BCUT2D eigenvalue weighted by Crippen LogP contribution is -2.35. The predicted octanol–water partition coefficient (Wildman–Crippen LogP) is 2.87. The van der Waals surface area contributed by atoms with Gasteiger partial charge in [0.2, 0.25) is 5.91 Å². The molecule has 0 aromatic carbocycles. The second kappa shape index (κ2) is 10.2. The lowest BCUT2D eigenvalue weighted by molar-refractivity contribution is -0.123. The van der Waals surface area contributed by atoms with E-state index in [1.54, 1.807) is 0 Å². The van der Waals surface area contributed by atoms with E-state index in [4.69, 9.17) is 4.74 Å². The first-order valence-corrected chi connectivity index (χ1v) is 8.62. The fraction of sp³-hybridized carbons (Fsp3) is 0.941. The van der Waals surface area contributed by atoms with Crippen LogP contribution in [0.5, 0.6) is 0 Å². The lowest BCUT2D eigenvalue weighted by Gasteiger charge is -2.25. The van der Waals surface area contributed by atoms with E-state index in [-0.39, 0.29) is 11.3 Å². The predicted molar refractivity (Wildman–Crippen MR) is 87.4 cm³/mol. The number of carbonyl (C=O) groups excluding carboxylic acids is 1. The molecule has 1 amide bonds. The minimum atomic E-state index is 0.118. The van der Waals surface area contributed by atoms with Gasteiger partial charge in [0.15, 0.2) is 0 Å². The molecule has 0 saturated carbocycles. The fourth-order valence-corrected chi connectivity index (χ4v) is 2.65. The van der Waals surface area contributed by atoms with Crippen LogP contribution < -0.4 is 10.6 Å². The van der Waals surface area contributed by atoms with E-state index in [1.165, 1.54) is 25.7 Å². The molecule has 1 heterocycles. The molecule has 2 N–H and O–H groups in total. The zero-order chi connectivity index (χ0) is 15.6. The highest BCUT2D eigenvalue weighted by atomic mass is 16.5. The van der Waals surface area contributed by atoms with E-state index in [0.29, 0.717) is 19.1 Å². The van der Waals surface area contributed by atoms with Crippen LogP contribution in [0.2, 0.25) is 0 Å². The first-order chi connectivity index (χ1) is 10.0. The van der Waals surface area contributed by atoms with Crippen LogP contribution in [-0.4, -0.2) is 38.3 Å². The van der Waals surface area contributed by atoms with E-state index in [2.05, 4.69) is 31.4 Å². The molecule has 1 saturated heterocycles. The zero-order valence-corrected chi connectivity index (χ0v) is 14.2. The van der Waals surface area contributed by atoms with Gasteiger partial charge in [-0.25, -0.2) is 0 Å². The molecule has 0 bridgehead atoms. The van der Waals surface area contributed by atoms with Gasteiger partial charge in [-0.15, -0.1) is 0 Å². The average Bonchev–Trinajstić information content (AvgIpc) is 2.47. The van der Waals surface area contributed by atoms with E-state index in [0.717, 1.165) is 32.5 Å². The highest BCUT2D eigenvalue weighted by Crippen LogP contribution is 2.22. The first-order valence-electron chi connectivity index (χ1n) is 8.62. The van der Waals surface area contributed by atoms with Crippen molar-refractivity contribution >= 4 is 5.91 Å². The third kappa shape index (κ3) is 9.10. The van der Waals surface area contributed by atoms with Crippen molar-refractivity contribution in [3.8, 4) is 0 Å². The molecule has 4 nitrogen and oxygen atoms in total. The topological polar surface area (TPSA) is 50.4 Å². The number of hydrogen-bond donors (Lipinski definition) is 2. The smallest absolute Gasteiger partial charge is 0.222 e. The SMILES string of the molecule is CCCCCC(C)(C)CNC(=O)CCOC1CCNCC1. The molecular weight excluding hydrogens is 264 g/mol. The molecular formula is C17H34N2O2. The lowest BCUT2D eigenvalue weighted by atomic mass is 9.87. The molecule has 4 heteroatoms. The van der Waals surface area contributed by atoms with Gasteiger partial charge in [-0.2, -0.15) is 0 Å². The minimum Gasteiger partial charge on any atom is -0.378 e. The van der Waals surface area contributed by atoms with Crippen molar-refractivity contribution in [3.05, 3.63) is 0 Å². The molecule has 0 radical (unpaired) electrons. The number of piperidine rings is 1. The van der Waals surface area contributed by atoms with Crippen LogP contribution in [0.3, 0.4) is 0 Å². The summed E-state index contributed by atoms with van der Waals surface area (Å²) in [4.78, 5) is 11.9. The normalized spacial score (nSPS) is 16.9. The van der Waals surface area contributed by atoms with Gasteiger partial charge in [0.1, 0.15) is 0 Å². The van der Waals surface area contributed by atoms with Crippen LogP contribution in [0.1, 0.15) is 65.7 Å². The molecule has 1 rings (SSSR count). The average molecular weight is 298 g/mol. The summed E-state index contributed by atoms with van der Waals surface area (Å²) in [5.41, 5.74) is 0.195. The molecule has 1 aliphatic rings. The van der Waals surface area contributed by atoms with Crippen LogP contribution in [0.15, 0.2) is 0 Å². The summed E-state index contributed by atoms with van der Waals surface area (Å²) in [6.07, 6.45) is 7.89. The van der Waals surface area contributed by atoms with Gasteiger partial charge >= 0.3 is 0 Å². The summed E-state index contributed by atoms with van der Waals surface area (Å²) in [6, 6.07) is 0. The van der Waals surface area contributed by atoms with Gasteiger partial charge in [0, 0.05) is 13.0 Å². The largest absolute Gasteiger partial charge is 0.378 e. The molecule has 124 valence electrons. The maximum atomic E-state index is 11.9. The summed E-state index contributed by atoms with van der Waals surface area (Å²) in [5.74, 6) is 0.118. The molecule has 0 atom stereocenters. The van der Waals surface area contributed by atoms with Crippen molar-refractivity contribution in [2.24, 2.45) is 5.41 Å². The Morgan fingerprint density at radius 3 is 2.67 bits per heavy atom. The Labute approximate surface area is 130 Å². The third-order valence-corrected chi connectivity index (χ3v) is 4.19. The summed E-state index contributed by atoms with van der Waals surface area (Å²) < 4.78 is 5.76. The number of nitrogens with one attached hydrogen (secondary N) is 2. The molecule has 0 aromatic rings. The summed E-state index contributed by atoms with van der Waals surface area (Å²) in [7, 11) is 0. The summed E-state index contributed by atoms with van der Waals surface area (Å²) in [6.45, 7) is 10.1. The third-order valence-electron chi connectivity index (χ3n) is 4.19. The molecule has 21 heavy (non-hydrogen) atoms. The quantitative estimate of drug-likeness (QED) is 0.610. The number of unbranched alkanes of at least 4 members (excludes halogenated alkanes) is 2. The Morgan fingerprint density at radius 2 is 2.00 bits per heavy atom. The maximum absolute atomic E-state index is 11.9. The molecule has 0 aliphatic carbocycles. The van der Waals surface area contributed by atoms with Crippen molar-refractivity contribution < 1.29 is 9.53 Å². The first kappa shape index (κ1) is 18.4. The van der Waals surface area contributed by atoms with E-state index in [9.17, 15) is 4.79 Å². The Hall–Kier alpha value is -0.610. The Bertz CT molecular complexity index is 287. The number of hydrogen-bond acceptors (Lipinski definition) is 3. The van der Waals surface area contributed by atoms with Gasteiger partial charge in [-0.1, -0.05) is 40.0 Å². The highest BCUT2D eigenvalue weighted by Gasteiger charge is 2.18. The Balaban J connectivity index is 2.06. The molecule has 0 unspecified atom stereocenters. The van der Waals surface area contributed by atoms with E-state index >= 15 is 0 Å². The van der Waals surface area contributed by atoms with Crippen LogP contribution in [0.4, 0.5) is 0 Å². The van der Waals surface area contributed by atoms with Crippen LogP contribution in [0.25, 0.3) is 0 Å². The van der Waals surface area contributed by atoms with Crippen LogP contribution in [-0.2, 0) is 9.53 Å². The number of ether oxygens (including phenoxy) is 1. The molecule has 0 aromatic heterocycles. The maximum Gasteiger partial charge on any atom is 0.222 e. The van der Waals surface area contributed by atoms with Crippen molar-refractivity contribution in [3.63, 3.8) is 0 Å². The van der Waals surface area contributed by atoms with Crippen LogP contribution >= 0.6 is 0 Å². The Kier molecular flexibility index (Phi) is 8.93. The zero-order valence-electron chi connectivity index (χ0n) is 14.2. The van der Waals surface area contributed by atoms with Crippen molar-refractivity contribution in [1.29, 1.82) is 0 Å². The second-order valence-corrected chi connectivity index (χ2v) is 6.97. The summed E-state index contributed by atoms with van der Waals surface area (Å²) >= 11 is 0. The molecule has 1 fully saturated rings. The van der Waals surface area contributed by atoms with Crippen molar-refractivity contribution in [2.45, 2.75) is 71.8 Å². The van der Waals surface area contributed by atoms with Crippen molar-refractivity contribution in [2.75, 3.05) is 26.2 Å². The van der Waals surface area contributed by atoms with E-state index in [1.807, 2.05) is 0 Å². The number of amides is 1. The van der Waals surface area contributed by atoms with Gasteiger partial charge in [0.05, 0.1) is 12.7 Å². The van der Waals surface area contributed by atoms with Crippen LogP contribution in [0, 0.1) is 5.41 Å². The Morgan fingerprint density at radius 1 is 1.29 bits per heavy atom. The molecule has 1 aliphatic heterocycles. The fourth-order valence-electron chi connectivity index (χ4n) is 2.65. The number of rotatable bonds is 10. The van der Waals surface area contributed by atoms with Gasteiger partial charge in [-0.05, 0) is 37.8 Å². The highest BCUT2D eigenvalue weighted by molar-refractivity contribution is 5.75. The molecule has 0 spiro atoms. The van der Waals surface area contributed by atoms with Crippen molar-refractivity contribution in [1.82, 2.24) is 10.6 Å². The van der Waals surface area contributed by atoms with Gasteiger partial charge < -0.3 is 15.4 Å². The standard InChI is InChI=1S/C17H34N2O2/c1-4-5-6-10-17(2,3)14-19-16(20)9-13-21-15-7-11-18-12-8-15/h15,18H,4-14H2,1-3H3,(H,19,20). The second-order valence-electron chi connectivity index (χ2n) is 6.97. The number of carbonyl (C=O) groups is 1. The van der Waals surface area contributed by atoms with Gasteiger partial charge in [-0.3, -0.25) is 4.79 Å².